The van der Waals surface area contributed by atoms with Crippen molar-refractivity contribution in [3.63, 3.8) is 0 Å². The van der Waals surface area contributed by atoms with Crippen LogP contribution >= 0.6 is 35.0 Å². The lowest BCUT2D eigenvalue weighted by molar-refractivity contribution is 0.542. The molecule has 2 unspecified atom stereocenters. The lowest BCUT2D eigenvalue weighted by Gasteiger charge is -2.12. The molecule has 1 N–H and O–H groups in total. The molecule has 2 atom stereocenters. The van der Waals surface area contributed by atoms with Gasteiger partial charge < -0.3 is 5.32 Å². The Balaban J connectivity index is 1.78. The van der Waals surface area contributed by atoms with E-state index >= 15 is 0 Å². The summed E-state index contributed by atoms with van der Waals surface area (Å²) in [4.78, 5) is 0. The SMILES string of the molecule is CC1CC(NCCc2ccc(Cl)cc2Cl)CS1. The molecular formula is C13H17Cl2NS. The fourth-order valence-corrected chi connectivity index (χ4v) is 3.78. The summed E-state index contributed by atoms with van der Waals surface area (Å²) in [6, 6.07) is 6.39. The van der Waals surface area contributed by atoms with Crippen LogP contribution in [0.5, 0.6) is 0 Å². The van der Waals surface area contributed by atoms with Gasteiger partial charge in [-0.15, -0.1) is 0 Å². The molecule has 0 aliphatic carbocycles. The van der Waals surface area contributed by atoms with Gasteiger partial charge >= 0.3 is 0 Å². The number of hydrogen-bond donors (Lipinski definition) is 1. The summed E-state index contributed by atoms with van der Waals surface area (Å²) < 4.78 is 0. The first-order valence-electron chi connectivity index (χ1n) is 5.94. The highest BCUT2D eigenvalue weighted by Gasteiger charge is 2.20. The molecule has 4 heteroatoms. The Morgan fingerprint density at radius 1 is 1.41 bits per heavy atom. The van der Waals surface area contributed by atoms with E-state index in [0.717, 1.165) is 23.2 Å². The molecule has 0 saturated carbocycles. The van der Waals surface area contributed by atoms with Gasteiger partial charge in [0.15, 0.2) is 0 Å². The summed E-state index contributed by atoms with van der Waals surface area (Å²) in [7, 11) is 0. The van der Waals surface area contributed by atoms with Gasteiger partial charge in [-0.1, -0.05) is 36.2 Å². The van der Waals surface area contributed by atoms with E-state index in [4.69, 9.17) is 23.2 Å². The van der Waals surface area contributed by atoms with Gasteiger partial charge in [-0.3, -0.25) is 0 Å². The summed E-state index contributed by atoms with van der Waals surface area (Å²) in [5.74, 6) is 1.23. The second kappa shape index (κ2) is 6.33. The first-order valence-corrected chi connectivity index (χ1v) is 7.74. The van der Waals surface area contributed by atoms with Crippen molar-refractivity contribution in [3.05, 3.63) is 33.8 Å². The molecule has 0 aromatic heterocycles. The Labute approximate surface area is 117 Å². The molecule has 0 bridgehead atoms. The molecule has 1 aliphatic rings. The molecule has 1 nitrogen and oxygen atoms in total. The van der Waals surface area contributed by atoms with Crippen molar-refractivity contribution >= 4 is 35.0 Å². The number of benzene rings is 1. The molecule has 94 valence electrons. The lowest BCUT2D eigenvalue weighted by Crippen LogP contribution is -2.30. The molecule has 1 fully saturated rings. The van der Waals surface area contributed by atoms with Crippen LogP contribution in [0.1, 0.15) is 18.9 Å². The van der Waals surface area contributed by atoms with E-state index in [-0.39, 0.29) is 0 Å². The van der Waals surface area contributed by atoms with Gasteiger partial charge in [0.1, 0.15) is 0 Å². The minimum atomic E-state index is 0.668. The topological polar surface area (TPSA) is 12.0 Å². The zero-order chi connectivity index (χ0) is 12.3. The van der Waals surface area contributed by atoms with Gasteiger partial charge in [0.05, 0.1) is 0 Å². The molecule has 1 aromatic rings. The standard InChI is InChI=1S/C13H17Cl2NS/c1-9-6-12(8-17-9)16-5-4-10-2-3-11(14)7-13(10)15/h2-3,7,9,12,16H,4-6,8H2,1H3. The van der Waals surface area contributed by atoms with Crippen LogP contribution in [-0.2, 0) is 6.42 Å². The van der Waals surface area contributed by atoms with Crippen molar-refractivity contribution in [1.82, 2.24) is 5.32 Å². The summed E-state index contributed by atoms with van der Waals surface area (Å²) >= 11 is 14.1. The summed E-state index contributed by atoms with van der Waals surface area (Å²) in [6.45, 7) is 3.28. The highest BCUT2D eigenvalue weighted by Crippen LogP contribution is 2.26. The van der Waals surface area contributed by atoms with Gasteiger partial charge in [-0.25, -0.2) is 0 Å². The normalized spacial score (nSPS) is 24.2. The Morgan fingerprint density at radius 3 is 2.88 bits per heavy atom. The summed E-state index contributed by atoms with van der Waals surface area (Å²) in [5.41, 5.74) is 1.17. The first-order chi connectivity index (χ1) is 8.15. The molecule has 1 saturated heterocycles. The van der Waals surface area contributed by atoms with Gasteiger partial charge in [-0.05, 0) is 37.1 Å². The second-order valence-corrected chi connectivity index (χ2v) is 6.83. The third-order valence-electron chi connectivity index (χ3n) is 3.04. The number of rotatable bonds is 4. The van der Waals surface area contributed by atoms with Gasteiger partial charge in [0, 0.05) is 27.1 Å². The molecule has 0 spiro atoms. The third kappa shape index (κ3) is 4.06. The van der Waals surface area contributed by atoms with E-state index in [1.54, 1.807) is 0 Å². The third-order valence-corrected chi connectivity index (χ3v) is 4.98. The quantitative estimate of drug-likeness (QED) is 0.899. The first kappa shape index (κ1) is 13.5. The van der Waals surface area contributed by atoms with Gasteiger partial charge in [-0.2, -0.15) is 11.8 Å². The van der Waals surface area contributed by atoms with Crippen molar-refractivity contribution in [1.29, 1.82) is 0 Å². The largest absolute Gasteiger partial charge is 0.313 e. The zero-order valence-electron chi connectivity index (χ0n) is 9.88. The zero-order valence-corrected chi connectivity index (χ0v) is 12.2. The minimum absolute atomic E-state index is 0.668. The average Bonchev–Trinajstić information content (AvgIpc) is 2.68. The predicted molar refractivity (Wildman–Crippen MR) is 78.5 cm³/mol. The molecule has 2 rings (SSSR count). The Bertz CT molecular complexity index is 384. The van der Waals surface area contributed by atoms with Gasteiger partial charge in [0.2, 0.25) is 0 Å². The van der Waals surface area contributed by atoms with E-state index in [2.05, 4.69) is 24.0 Å². The van der Waals surface area contributed by atoms with Crippen LogP contribution in [0.15, 0.2) is 18.2 Å². The maximum Gasteiger partial charge on any atom is 0.0453 e. The number of hydrogen-bond acceptors (Lipinski definition) is 2. The smallest absolute Gasteiger partial charge is 0.0453 e. The van der Waals surface area contributed by atoms with E-state index in [1.165, 1.54) is 17.7 Å². The van der Waals surface area contributed by atoms with Crippen LogP contribution in [0.4, 0.5) is 0 Å². The van der Waals surface area contributed by atoms with Crippen molar-refractivity contribution in [2.75, 3.05) is 12.3 Å². The highest BCUT2D eigenvalue weighted by atomic mass is 35.5. The molecule has 0 amide bonds. The van der Waals surface area contributed by atoms with Crippen LogP contribution in [0.2, 0.25) is 10.0 Å². The van der Waals surface area contributed by atoms with Gasteiger partial charge in [0.25, 0.3) is 0 Å². The average molecular weight is 290 g/mol. The maximum absolute atomic E-state index is 6.13. The van der Waals surface area contributed by atoms with Crippen molar-refractivity contribution < 1.29 is 0 Å². The molecule has 17 heavy (non-hydrogen) atoms. The molecule has 1 aromatic carbocycles. The van der Waals surface area contributed by atoms with Crippen LogP contribution in [0, 0.1) is 0 Å². The number of nitrogens with one attached hydrogen (secondary N) is 1. The molecule has 1 aliphatic heterocycles. The van der Waals surface area contributed by atoms with E-state index < -0.39 is 0 Å². The summed E-state index contributed by atoms with van der Waals surface area (Å²) in [6.07, 6.45) is 2.24. The highest BCUT2D eigenvalue weighted by molar-refractivity contribution is 8.00. The molecule has 0 radical (unpaired) electrons. The second-order valence-electron chi connectivity index (χ2n) is 4.52. The van der Waals surface area contributed by atoms with Crippen LogP contribution in [0.3, 0.4) is 0 Å². The fraction of sp³-hybridized carbons (Fsp3) is 0.538. The predicted octanol–water partition coefficient (Wildman–Crippen LogP) is 4.02. The Morgan fingerprint density at radius 2 is 2.24 bits per heavy atom. The van der Waals surface area contributed by atoms with E-state index in [1.807, 2.05) is 18.2 Å². The van der Waals surface area contributed by atoms with E-state index in [9.17, 15) is 0 Å². The van der Waals surface area contributed by atoms with Crippen LogP contribution in [0.25, 0.3) is 0 Å². The number of thioether (sulfide) groups is 1. The van der Waals surface area contributed by atoms with E-state index in [0.29, 0.717) is 11.1 Å². The maximum atomic E-state index is 6.13. The van der Waals surface area contributed by atoms with Crippen molar-refractivity contribution in [2.45, 2.75) is 31.1 Å². The molecular weight excluding hydrogens is 273 g/mol. The van der Waals surface area contributed by atoms with Crippen LogP contribution < -0.4 is 5.32 Å². The Kier molecular flexibility index (Phi) is 5.04. The summed E-state index contributed by atoms with van der Waals surface area (Å²) in [5, 5.41) is 5.86. The monoisotopic (exact) mass is 289 g/mol. The number of halogens is 2. The lowest BCUT2D eigenvalue weighted by atomic mass is 10.1. The Hall–Kier alpha value is 0.110. The molecule has 1 heterocycles. The van der Waals surface area contributed by atoms with Crippen molar-refractivity contribution in [2.24, 2.45) is 0 Å². The minimum Gasteiger partial charge on any atom is -0.313 e. The van der Waals surface area contributed by atoms with Crippen LogP contribution in [-0.4, -0.2) is 23.6 Å². The van der Waals surface area contributed by atoms with Crippen molar-refractivity contribution in [3.8, 4) is 0 Å². The fourth-order valence-electron chi connectivity index (χ4n) is 2.09.